The molecule has 3 atom stereocenters. The van der Waals surface area contributed by atoms with Gasteiger partial charge in [-0.1, -0.05) is 56.2 Å². The highest BCUT2D eigenvalue weighted by Crippen LogP contribution is 2.47. The van der Waals surface area contributed by atoms with Gasteiger partial charge in [-0.15, -0.1) is 0 Å². The van der Waals surface area contributed by atoms with E-state index in [4.69, 9.17) is 14.5 Å². The number of aryl methyl sites for hydroxylation is 1. The smallest absolute Gasteiger partial charge is 0.253 e. The van der Waals surface area contributed by atoms with E-state index >= 15 is 0 Å². The maximum atomic E-state index is 13.5. The van der Waals surface area contributed by atoms with Crippen molar-refractivity contribution in [3.05, 3.63) is 41.5 Å². The van der Waals surface area contributed by atoms with Crippen molar-refractivity contribution in [3.63, 3.8) is 0 Å². The van der Waals surface area contributed by atoms with Crippen molar-refractivity contribution >= 4 is 38.3 Å². The lowest BCUT2D eigenvalue weighted by Crippen LogP contribution is -2.43. The van der Waals surface area contributed by atoms with E-state index in [2.05, 4.69) is 48.3 Å². The van der Waals surface area contributed by atoms with Gasteiger partial charge in [-0.25, -0.2) is 4.98 Å². The predicted molar refractivity (Wildman–Crippen MR) is 131 cm³/mol. The number of fused-ring (bicyclic) bond motifs is 4. The summed E-state index contributed by atoms with van der Waals surface area (Å²) in [5, 5.41) is 4.22. The Bertz CT molecular complexity index is 1220. The van der Waals surface area contributed by atoms with Crippen molar-refractivity contribution in [3.8, 4) is 11.5 Å². The monoisotopic (exact) mass is 463 g/mol. The van der Waals surface area contributed by atoms with Gasteiger partial charge in [0.05, 0.1) is 5.56 Å². The van der Waals surface area contributed by atoms with Crippen molar-refractivity contribution in [2.45, 2.75) is 52.0 Å². The third-order valence-corrected chi connectivity index (χ3v) is 8.68. The normalized spacial score (nSPS) is 24.1. The molecule has 3 heterocycles. The second-order valence-corrected chi connectivity index (χ2v) is 10.5. The minimum absolute atomic E-state index is 0.0693. The molecule has 1 fully saturated rings. The summed E-state index contributed by atoms with van der Waals surface area (Å²) in [6.45, 7) is 5.62. The van der Waals surface area contributed by atoms with Crippen LogP contribution in [0.25, 0.3) is 10.2 Å². The van der Waals surface area contributed by atoms with Gasteiger partial charge in [0.2, 0.25) is 6.79 Å². The Balaban J connectivity index is 1.40. The van der Waals surface area contributed by atoms with Crippen molar-refractivity contribution in [2.75, 3.05) is 18.2 Å². The minimum atomic E-state index is -0.0693. The van der Waals surface area contributed by atoms with E-state index in [0.29, 0.717) is 34.4 Å². The van der Waals surface area contributed by atoms with Gasteiger partial charge in [-0.2, -0.15) is 0 Å². The van der Waals surface area contributed by atoms with Crippen molar-refractivity contribution in [1.82, 2.24) is 10.3 Å². The van der Waals surface area contributed by atoms with Crippen molar-refractivity contribution < 1.29 is 14.3 Å². The molecule has 0 spiro atoms. The number of rotatable bonds is 3. The number of ether oxygens (including phenoxy) is 2. The van der Waals surface area contributed by atoms with Crippen LogP contribution in [0.1, 0.15) is 55.5 Å². The standard InChI is InChI=1S/C26H29N3O3S/c1-15-7-5-10-19(16(15)2)27-25(30)18-13-21-23(32-14-31-21)24-22(18)28-26(33-24)29-12-6-9-17-8-3-4-11-20(17)29/h3-4,8,11,13,15-16,19H,5-7,9-10,12,14H2,1-2H3,(H,27,30)/t15-,16-,19-/m1/s1. The Kier molecular flexibility index (Phi) is 5.17. The number of aromatic nitrogens is 1. The summed E-state index contributed by atoms with van der Waals surface area (Å²) in [6, 6.07) is 10.5. The molecule has 0 unspecified atom stereocenters. The Labute approximate surface area is 197 Å². The molecule has 172 valence electrons. The maximum Gasteiger partial charge on any atom is 0.253 e. The van der Waals surface area contributed by atoms with E-state index in [1.54, 1.807) is 11.3 Å². The average molecular weight is 464 g/mol. The van der Waals surface area contributed by atoms with Crippen LogP contribution in [0.5, 0.6) is 11.5 Å². The SMILES string of the molecule is C[C@@H]1[C@H](C)CCC[C@H]1NC(=O)c1cc2c(c3sc(N4CCCc5ccccc54)nc13)OCO2. The van der Waals surface area contributed by atoms with Gasteiger partial charge in [0.15, 0.2) is 16.6 Å². The first-order valence-corrected chi connectivity index (χ1v) is 12.8. The molecular weight excluding hydrogens is 434 g/mol. The second kappa shape index (κ2) is 8.20. The predicted octanol–water partition coefficient (Wildman–Crippen LogP) is 5.66. The molecule has 1 amide bonds. The van der Waals surface area contributed by atoms with Crippen LogP contribution in [0.3, 0.4) is 0 Å². The molecule has 0 bridgehead atoms. The van der Waals surface area contributed by atoms with E-state index in [1.165, 1.54) is 17.7 Å². The van der Waals surface area contributed by atoms with Gasteiger partial charge in [0.25, 0.3) is 5.91 Å². The van der Waals surface area contributed by atoms with Crippen LogP contribution in [-0.2, 0) is 6.42 Å². The zero-order chi connectivity index (χ0) is 22.5. The summed E-state index contributed by atoms with van der Waals surface area (Å²) in [7, 11) is 0. The largest absolute Gasteiger partial charge is 0.454 e. The number of anilines is 2. The molecule has 2 aliphatic heterocycles. The fraction of sp³-hybridized carbons (Fsp3) is 0.462. The number of thiazole rings is 1. The molecule has 7 heteroatoms. The Hall–Kier alpha value is -2.80. The molecular formula is C26H29N3O3S. The molecule has 2 aromatic carbocycles. The van der Waals surface area contributed by atoms with E-state index in [9.17, 15) is 4.79 Å². The molecule has 1 aliphatic carbocycles. The molecule has 0 radical (unpaired) electrons. The molecule has 1 N–H and O–H groups in total. The number of benzene rings is 2. The third kappa shape index (κ3) is 3.53. The highest BCUT2D eigenvalue weighted by Gasteiger charge is 2.32. The van der Waals surface area contributed by atoms with Gasteiger partial charge in [0, 0.05) is 18.3 Å². The lowest BCUT2D eigenvalue weighted by Gasteiger charge is -2.34. The van der Waals surface area contributed by atoms with Crippen LogP contribution in [0, 0.1) is 11.8 Å². The molecule has 33 heavy (non-hydrogen) atoms. The average Bonchev–Trinajstić information content (AvgIpc) is 3.48. The zero-order valence-corrected chi connectivity index (χ0v) is 19.9. The molecule has 0 saturated heterocycles. The van der Waals surface area contributed by atoms with Crippen LogP contribution < -0.4 is 19.7 Å². The molecule has 1 aromatic heterocycles. The maximum absolute atomic E-state index is 13.5. The number of hydrogen-bond acceptors (Lipinski definition) is 6. The lowest BCUT2D eigenvalue weighted by atomic mass is 9.78. The lowest BCUT2D eigenvalue weighted by molar-refractivity contribution is 0.0892. The molecule has 1 saturated carbocycles. The Morgan fingerprint density at radius 1 is 1.18 bits per heavy atom. The minimum Gasteiger partial charge on any atom is -0.454 e. The zero-order valence-electron chi connectivity index (χ0n) is 19.1. The van der Waals surface area contributed by atoms with Gasteiger partial charge in [-0.3, -0.25) is 4.79 Å². The van der Waals surface area contributed by atoms with E-state index < -0.39 is 0 Å². The topological polar surface area (TPSA) is 63.7 Å². The fourth-order valence-corrected chi connectivity index (χ4v) is 6.59. The van der Waals surface area contributed by atoms with E-state index in [-0.39, 0.29) is 18.7 Å². The molecule has 6 rings (SSSR count). The Morgan fingerprint density at radius 3 is 2.97 bits per heavy atom. The van der Waals surface area contributed by atoms with Gasteiger partial charge < -0.3 is 19.7 Å². The van der Waals surface area contributed by atoms with E-state index in [0.717, 1.165) is 42.1 Å². The number of hydrogen-bond donors (Lipinski definition) is 1. The Morgan fingerprint density at radius 2 is 2.06 bits per heavy atom. The molecule has 3 aliphatic rings. The van der Waals surface area contributed by atoms with E-state index in [1.807, 2.05) is 6.07 Å². The number of carbonyl (C=O) groups is 1. The fourth-order valence-electron chi connectivity index (χ4n) is 5.47. The van der Waals surface area contributed by atoms with Crippen LogP contribution in [-0.4, -0.2) is 30.3 Å². The summed E-state index contributed by atoms with van der Waals surface area (Å²) in [5.74, 6) is 2.34. The first kappa shape index (κ1) is 20.8. The summed E-state index contributed by atoms with van der Waals surface area (Å²) in [5.41, 5.74) is 3.82. The van der Waals surface area contributed by atoms with Crippen molar-refractivity contribution in [2.24, 2.45) is 11.8 Å². The molecule has 6 nitrogen and oxygen atoms in total. The van der Waals surface area contributed by atoms with Gasteiger partial charge in [-0.05, 0) is 48.8 Å². The van der Waals surface area contributed by atoms with Crippen LogP contribution in [0.15, 0.2) is 30.3 Å². The second-order valence-electron chi connectivity index (χ2n) is 9.56. The number of nitrogens with zero attached hydrogens (tertiary/aromatic N) is 2. The number of amides is 1. The number of carbonyl (C=O) groups excluding carboxylic acids is 1. The summed E-state index contributed by atoms with van der Waals surface area (Å²) >= 11 is 1.58. The quantitative estimate of drug-likeness (QED) is 0.543. The van der Waals surface area contributed by atoms with Crippen LogP contribution in [0.2, 0.25) is 0 Å². The van der Waals surface area contributed by atoms with Gasteiger partial charge in [0.1, 0.15) is 10.2 Å². The number of para-hydroxylation sites is 1. The highest BCUT2D eigenvalue weighted by atomic mass is 32.1. The van der Waals surface area contributed by atoms with Gasteiger partial charge >= 0.3 is 0 Å². The van der Waals surface area contributed by atoms with Crippen LogP contribution in [0.4, 0.5) is 10.8 Å². The first-order chi connectivity index (χ1) is 16.1. The first-order valence-electron chi connectivity index (χ1n) is 12.0. The summed E-state index contributed by atoms with van der Waals surface area (Å²) in [6.07, 6.45) is 5.57. The highest BCUT2D eigenvalue weighted by molar-refractivity contribution is 7.22. The summed E-state index contributed by atoms with van der Waals surface area (Å²) < 4.78 is 12.4. The summed E-state index contributed by atoms with van der Waals surface area (Å²) in [4.78, 5) is 20.8. The van der Waals surface area contributed by atoms with Crippen LogP contribution >= 0.6 is 11.3 Å². The number of nitrogens with one attached hydrogen (secondary N) is 1. The third-order valence-electron chi connectivity index (χ3n) is 7.60. The van der Waals surface area contributed by atoms with Crippen molar-refractivity contribution in [1.29, 1.82) is 0 Å². The molecule has 3 aromatic rings.